The van der Waals surface area contributed by atoms with Crippen LogP contribution in [0.25, 0.3) is 0 Å². The fourth-order valence-corrected chi connectivity index (χ4v) is 2.08. The summed E-state index contributed by atoms with van der Waals surface area (Å²) in [7, 11) is 0. The van der Waals surface area contributed by atoms with Gasteiger partial charge in [-0.15, -0.1) is 0 Å². The monoisotopic (exact) mass is 316 g/mol. The zero-order valence-electron chi connectivity index (χ0n) is 10.4. The molecule has 1 amide bonds. The van der Waals surface area contributed by atoms with E-state index in [4.69, 9.17) is 5.73 Å². The summed E-state index contributed by atoms with van der Waals surface area (Å²) in [6.07, 6.45) is 2.01. The Morgan fingerprint density at radius 1 is 1.50 bits per heavy atom. The van der Waals surface area contributed by atoms with Crippen LogP contribution in [0.3, 0.4) is 0 Å². The summed E-state index contributed by atoms with van der Waals surface area (Å²) >= 11 is 3.33. The van der Waals surface area contributed by atoms with Crippen LogP contribution in [0.2, 0.25) is 0 Å². The molecule has 0 spiro atoms. The third kappa shape index (κ3) is 5.14. The number of nitrogens with one attached hydrogen (secondary N) is 1. The first-order valence-electron chi connectivity index (χ1n) is 5.97. The second-order valence-electron chi connectivity index (χ2n) is 4.27. The Kier molecular flexibility index (Phi) is 6.29. The van der Waals surface area contributed by atoms with E-state index in [-0.39, 0.29) is 17.8 Å². The molecule has 3 nitrogen and oxygen atoms in total. The minimum Gasteiger partial charge on any atom is -0.370 e. The quantitative estimate of drug-likeness (QED) is 0.760. The first-order valence-corrected chi connectivity index (χ1v) is 6.76. The summed E-state index contributed by atoms with van der Waals surface area (Å²) in [4.78, 5) is 10.5. The maximum atomic E-state index is 13.6. The first-order chi connectivity index (χ1) is 8.50. The lowest BCUT2D eigenvalue weighted by molar-refractivity contribution is -0.118. The van der Waals surface area contributed by atoms with E-state index < -0.39 is 0 Å². The van der Waals surface area contributed by atoms with Gasteiger partial charge in [0, 0.05) is 22.5 Å². The zero-order chi connectivity index (χ0) is 13.5. The number of carbonyl (C=O) groups excluding carboxylic acids is 1. The van der Waals surface area contributed by atoms with Gasteiger partial charge in [-0.05, 0) is 44.5 Å². The molecule has 1 aromatic rings. The van der Waals surface area contributed by atoms with E-state index in [1.165, 1.54) is 6.07 Å². The molecule has 0 aromatic heterocycles. The number of nitrogens with two attached hydrogens (primary N) is 1. The van der Waals surface area contributed by atoms with Crippen LogP contribution in [0.5, 0.6) is 0 Å². The fraction of sp³-hybridized carbons (Fsp3) is 0.462. The Bertz CT molecular complexity index is 412. The van der Waals surface area contributed by atoms with Crippen LogP contribution in [0.15, 0.2) is 22.7 Å². The molecule has 18 heavy (non-hydrogen) atoms. The molecule has 0 aliphatic heterocycles. The van der Waals surface area contributed by atoms with Crippen molar-refractivity contribution in [2.24, 2.45) is 5.73 Å². The van der Waals surface area contributed by atoms with Gasteiger partial charge in [0.15, 0.2) is 0 Å². The summed E-state index contributed by atoms with van der Waals surface area (Å²) in [6, 6.07) is 4.84. The van der Waals surface area contributed by atoms with Gasteiger partial charge in [0.05, 0.1) is 0 Å². The van der Waals surface area contributed by atoms with Gasteiger partial charge in [0.1, 0.15) is 5.82 Å². The number of rotatable bonds is 7. The molecule has 3 N–H and O–H groups in total. The Balaban J connectivity index is 2.38. The summed E-state index contributed by atoms with van der Waals surface area (Å²) in [5, 5.41) is 3.23. The number of hydrogen-bond acceptors (Lipinski definition) is 2. The maximum absolute atomic E-state index is 13.6. The van der Waals surface area contributed by atoms with Crippen molar-refractivity contribution in [3.05, 3.63) is 34.1 Å². The first kappa shape index (κ1) is 15.1. The van der Waals surface area contributed by atoms with E-state index in [1.807, 2.05) is 6.92 Å². The molecule has 0 fully saturated rings. The molecule has 5 heteroatoms. The lowest BCUT2D eigenvalue weighted by Gasteiger charge is -2.15. The van der Waals surface area contributed by atoms with E-state index >= 15 is 0 Å². The molecular weight excluding hydrogens is 299 g/mol. The van der Waals surface area contributed by atoms with Crippen LogP contribution in [-0.4, -0.2) is 12.5 Å². The van der Waals surface area contributed by atoms with Crippen molar-refractivity contribution >= 4 is 21.8 Å². The SMILES string of the molecule is CC(NCCCCC(N)=O)c1cc(Br)ccc1F. The van der Waals surface area contributed by atoms with Crippen molar-refractivity contribution in [1.82, 2.24) is 5.32 Å². The standard InChI is InChI=1S/C13H18BrFN2O/c1-9(17-7-3-2-4-13(16)18)11-8-10(14)5-6-12(11)15/h5-6,8-9,17H,2-4,7H2,1H3,(H2,16,18). The van der Waals surface area contributed by atoms with E-state index in [1.54, 1.807) is 12.1 Å². The van der Waals surface area contributed by atoms with E-state index in [0.717, 1.165) is 23.9 Å². The second-order valence-corrected chi connectivity index (χ2v) is 5.18. The second kappa shape index (κ2) is 7.48. The molecule has 1 unspecified atom stereocenters. The number of unbranched alkanes of at least 4 members (excludes halogenated alkanes) is 1. The molecule has 1 rings (SSSR count). The number of benzene rings is 1. The lowest BCUT2D eigenvalue weighted by Crippen LogP contribution is -2.21. The molecule has 1 atom stereocenters. The highest BCUT2D eigenvalue weighted by Crippen LogP contribution is 2.21. The van der Waals surface area contributed by atoms with Crippen molar-refractivity contribution in [3.63, 3.8) is 0 Å². The molecule has 1 aromatic carbocycles. The van der Waals surface area contributed by atoms with Gasteiger partial charge < -0.3 is 11.1 Å². The Morgan fingerprint density at radius 3 is 2.89 bits per heavy atom. The lowest BCUT2D eigenvalue weighted by atomic mass is 10.1. The zero-order valence-corrected chi connectivity index (χ0v) is 12.0. The topological polar surface area (TPSA) is 55.1 Å². The molecule has 0 heterocycles. The number of halogens is 2. The van der Waals surface area contributed by atoms with Gasteiger partial charge in [-0.3, -0.25) is 4.79 Å². The highest BCUT2D eigenvalue weighted by molar-refractivity contribution is 9.10. The van der Waals surface area contributed by atoms with E-state index in [9.17, 15) is 9.18 Å². The largest absolute Gasteiger partial charge is 0.370 e. The Hall–Kier alpha value is -0.940. The average Bonchev–Trinajstić information content (AvgIpc) is 2.31. The van der Waals surface area contributed by atoms with Gasteiger partial charge in [0.2, 0.25) is 5.91 Å². The molecule has 0 radical (unpaired) electrons. The molecule has 0 saturated carbocycles. The van der Waals surface area contributed by atoms with E-state index in [0.29, 0.717) is 12.0 Å². The summed E-state index contributed by atoms with van der Waals surface area (Å²) in [5.74, 6) is -0.489. The van der Waals surface area contributed by atoms with Gasteiger partial charge in [0.25, 0.3) is 0 Å². The van der Waals surface area contributed by atoms with Crippen LogP contribution in [-0.2, 0) is 4.79 Å². The van der Waals surface area contributed by atoms with Crippen LogP contribution in [0, 0.1) is 5.82 Å². The van der Waals surface area contributed by atoms with Gasteiger partial charge in [-0.1, -0.05) is 15.9 Å². The molecular formula is C13H18BrFN2O. The summed E-state index contributed by atoms with van der Waals surface area (Å²) in [6.45, 7) is 2.65. The third-order valence-corrected chi connectivity index (χ3v) is 3.22. The van der Waals surface area contributed by atoms with Gasteiger partial charge in [-0.25, -0.2) is 4.39 Å². The Labute approximate surface area is 115 Å². The molecule has 0 aliphatic rings. The highest BCUT2D eigenvalue weighted by atomic mass is 79.9. The van der Waals surface area contributed by atoms with Crippen LogP contribution in [0.1, 0.15) is 37.8 Å². The van der Waals surface area contributed by atoms with Crippen molar-refractivity contribution < 1.29 is 9.18 Å². The Morgan fingerprint density at radius 2 is 2.22 bits per heavy atom. The van der Waals surface area contributed by atoms with Crippen molar-refractivity contribution in [1.29, 1.82) is 0 Å². The van der Waals surface area contributed by atoms with Crippen LogP contribution in [0.4, 0.5) is 4.39 Å². The fourth-order valence-electron chi connectivity index (χ4n) is 1.70. The molecule has 0 aliphatic carbocycles. The molecule has 100 valence electrons. The third-order valence-electron chi connectivity index (χ3n) is 2.73. The van der Waals surface area contributed by atoms with Crippen LogP contribution >= 0.6 is 15.9 Å². The van der Waals surface area contributed by atoms with E-state index in [2.05, 4.69) is 21.2 Å². The van der Waals surface area contributed by atoms with Gasteiger partial charge in [-0.2, -0.15) is 0 Å². The van der Waals surface area contributed by atoms with Crippen LogP contribution < -0.4 is 11.1 Å². The maximum Gasteiger partial charge on any atom is 0.217 e. The van der Waals surface area contributed by atoms with Crippen molar-refractivity contribution in [2.75, 3.05) is 6.54 Å². The van der Waals surface area contributed by atoms with Crippen molar-refractivity contribution in [3.8, 4) is 0 Å². The summed E-state index contributed by atoms with van der Waals surface area (Å²) < 4.78 is 14.4. The minimum absolute atomic E-state index is 0.0592. The average molecular weight is 317 g/mol. The minimum atomic E-state index is -0.277. The molecule has 0 bridgehead atoms. The summed E-state index contributed by atoms with van der Waals surface area (Å²) in [5.41, 5.74) is 5.69. The number of amides is 1. The van der Waals surface area contributed by atoms with Crippen molar-refractivity contribution in [2.45, 2.75) is 32.2 Å². The normalized spacial score (nSPS) is 12.4. The predicted octanol–water partition coefficient (Wildman–Crippen LogP) is 2.89. The number of hydrogen-bond donors (Lipinski definition) is 2. The smallest absolute Gasteiger partial charge is 0.217 e. The molecule has 0 saturated heterocycles. The highest BCUT2D eigenvalue weighted by Gasteiger charge is 2.10. The number of carbonyl (C=O) groups is 1. The van der Waals surface area contributed by atoms with Gasteiger partial charge >= 0.3 is 0 Å². The number of primary amides is 1. The predicted molar refractivity (Wildman–Crippen MR) is 73.6 cm³/mol.